The summed E-state index contributed by atoms with van der Waals surface area (Å²) in [5.74, 6) is -0.0880. The molecule has 0 aliphatic heterocycles. The molecule has 2 amide bonds. The highest BCUT2D eigenvalue weighted by Gasteiger charge is 2.10. The summed E-state index contributed by atoms with van der Waals surface area (Å²) in [5, 5.41) is 13.6. The Labute approximate surface area is 272 Å². The molecule has 0 unspecified atom stereocenters. The van der Waals surface area contributed by atoms with E-state index in [1.807, 2.05) is 73.8 Å². The van der Waals surface area contributed by atoms with Gasteiger partial charge in [-0.2, -0.15) is 5.10 Å². The van der Waals surface area contributed by atoms with Gasteiger partial charge in [-0.15, -0.1) is 11.3 Å². The number of carbonyl (C=O) groups is 2. The lowest BCUT2D eigenvalue weighted by Gasteiger charge is -2.12. The van der Waals surface area contributed by atoms with Crippen LogP contribution in [0.5, 0.6) is 5.75 Å². The maximum Gasteiger partial charge on any atom is 0.271 e. The van der Waals surface area contributed by atoms with Gasteiger partial charge in [-0.05, 0) is 107 Å². The number of nitrogens with zero attached hydrogens (tertiary/aromatic N) is 2. The summed E-state index contributed by atoms with van der Waals surface area (Å²) in [6.07, 6.45) is 1.53. The van der Waals surface area contributed by atoms with Crippen LogP contribution < -0.4 is 20.8 Å². The van der Waals surface area contributed by atoms with Crippen LogP contribution in [0, 0.1) is 13.8 Å². The van der Waals surface area contributed by atoms with E-state index >= 15 is 0 Å². The van der Waals surface area contributed by atoms with Crippen molar-refractivity contribution in [1.82, 2.24) is 10.4 Å². The number of hydrogen-bond donors (Lipinski definition) is 3. The summed E-state index contributed by atoms with van der Waals surface area (Å²) >= 11 is 10.9. The second-order valence-corrected chi connectivity index (χ2v) is 11.9. The number of hydrogen-bond acceptors (Lipinski definition) is 7. The average Bonchev–Trinajstić information content (AvgIpc) is 3.49. The van der Waals surface area contributed by atoms with E-state index in [1.54, 1.807) is 30.3 Å². The van der Waals surface area contributed by atoms with Crippen LogP contribution in [0.15, 0.2) is 99.9 Å². The molecule has 4 aromatic carbocycles. The van der Waals surface area contributed by atoms with E-state index in [-0.39, 0.29) is 18.4 Å². The first kappa shape index (κ1) is 30.9. The molecule has 1 heterocycles. The highest BCUT2D eigenvalue weighted by atomic mass is 79.9. The maximum absolute atomic E-state index is 12.6. The number of halogens is 2. The van der Waals surface area contributed by atoms with Gasteiger partial charge >= 0.3 is 0 Å². The van der Waals surface area contributed by atoms with E-state index < -0.39 is 0 Å². The molecule has 0 fully saturated rings. The van der Waals surface area contributed by atoms with Gasteiger partial charge < -0.3 is 15.4 Å². The predicted octanol–water partition coefficient (Wildman–Crippen LogP) is 8.37. The lowest BCUT2D eigenvalue weighted by molar-refractivity contribution is -0.118. The summed E-state index contributed by atoms with van der Waals surface area (Å²) < 4.78 is 6.33. The standard InChI is InChI=1S/C33H27BrClN5O3S/c1-20-4-3-5-28(21(20)2)38-31(41)18-43-30-15-6-22(16-27(30)34)17-36-40-32(42)24-9-7-23(8-10-24)29-19-44-33(39-29)37-26-13-11-25(35)12-14-26/h3-17,19H,18H2,1-2H3,(H,37,39)(H,38,41)(H,40,42)/b36-17-. The first-order valence-electron chi connectivity index (χ1n) is 13.5. The fourth-order valence-corrected chi connectivity index (χ4v) is 5.45. The number of amides is 2. The smallest absolute Gasteiger partial charge is 0.271 e. The van der Waals surface area contributed by atoms with Crippen molar-refractivity contribution in [2.75, 3.05) is 17.2 Å². The minimum Gasteiger partial charge on any atom is -0.483 e. The maximum atomic E-state index is 12.6. The number of nitrogens with one attached hydrogen (secondary N) is 3. The molecule has 3 N–H and O–H groups in total. The summed E-state index contributed by atoms with van der Waals surface area (Å²) in [6.45, 7) is 3.82. The Balaban J connectivity index is 1.11. The molecule has 0 radical (unpaired) electrons. The molecule has 0 atom stereocenters. The zero-order valence-corrected chi connectivity index (χ0v) is 26.9. The van der Waals surface area contributed by atoms with Gasteiger partial charge in [0.25, 0.3) is 11.8 Å². The SMILES string of the molecule is Cc1cccc(NC(=O)COc2ccc(/C=N\NC(=O)c3ccc(-c4csc(Nc5ccc(Cl)cc5)n4)cc3)cc2Br)c1C. The quantitative estimate of drug-likeness (QED) is 0.101. The predicted molar refractivity (Wildman–Crippen MR) is 182 cm³/mol. The molecule has 222 valence electrons. The van der Waals surface area contributed by atoms with E-state index in [0.717, 1.165) is 44.5 Å². The third kappa shape index (κ3) is 8.10. The Bertz CT molecular complexity index is 1820. The zero-order chi connectivity index (χ0) is 31.1. The summed E-state index contributed by atoms with van der Waals surface area (Å²) in [5.41, 5.74) is 9.20. The molecule has 1 aromatic heterocycles. The second-order valence-electron chi connectivity index (χ2n) is 9.72. The van der Waals surface area contributed by atoms with Crippen molar-refractivity contribution in [1.29, 1.82) is 0 Å². The van der Waals surface area contributed by atoms with E-state index in [1.165, 1.54) is 17.6 Å². The van der Waals surface area contributed by atoms with Gasteiger partial charge in [0.05, 0.1) is 16.4 Å². The number of thiazole rings is 1. The summed E-state index contributed by atoms with van der Waals surface area (Å²) in [4.78, 5) is 29.6. The van der Waals surface area contributed by atoms with Crippen molar-refractivity contribution in [2.24, 2.45) is 5.10 Å². The topological polar surface area (TPSA) is 105 Å². The Morgan fingerprint density at radius 1 is 1.02 bits per heavy atom. The van der Waals surface area contributed by atoms with E-state index in [0.29, 0.717) is 20.8 Å². The minimum absolute atomic E-state index is 0.141. The number of benzene rings is 4. The Morgan fingerprint density at radius 2 is 1.80 bits per heavy atom. The van der Waals surface area contributed by atoms with Crippen molar-refractivity contribution in [3.63, 3.8) is 0 Å². The van der Waals surface area contributed by atoms with E-state index in [2.05, 4.69) is 42.1 Å². The van der Waals surface area contributed by atoms with E-state index in [9.17, 15) is 9.59 Å². The number of hydrazone groups is 1. The van der Waals surface area contributed by atoms with Crippen LogP contribution in [0.25, 0.3) is 11.3 Å². The minimum atomic E-state index is -0.343. The Morgan fingerprint density at radius 3 is 2.55 bits per heavy atom. The third-order valence-electron chi connectivity index (χ3n) is 6.62. The highest BCUT2D eigenvalue weighted by molar-refractivity contribution is 9.10. The van der Waals surface area contributed by atoms with Crippen LogP contribution in [-0.4, -0.2) is 29.6 Å². The molecule has 0 aliphatic rings. The van der Waals surface area contributed by atoms with Crippen molar-refractivity contribution < 1.29 is 14.3 Å². The van der Waals surface area contributed by atoms with Gasteiger partial charge in [0.1, 0.15) is 5.75 Å². The molecule has 8 nitrogen and oxygen atoms in total. The Hall–Kier alpha value is -4.51. The number of aryl methyl sites for hydroxylation is 1. The first-order valence-corrected chi connectivity index (χ1v) is 15.5. The van der Waals surface area contributed by atoms with Crippen molar-refractivity contribution in [2.45, 2.75) is 13.8 Å². The largest absolute Gasteiger partial charge is 0.483 e. The molecule has 44 heavy (non-hydrogen) atoms. The molecular weight excluding hydrogens is 662 g/mol. The number of carbonyl (C=O) groups excluding carboxylic acids is 2. The van der Waals surface area contributed by atoms with Gasteiger partial charge in [-0.3, -0.25) is 9.59 Å². The lowest BCUT2D eigenvalue weighted by atomic mass is 10.1. The fourth-order valence-electron chi connectivity index (χ4n) is 4.07. The second kappa shape index (κ2) is 14.3. The molecule has 5 rings (SSSR count). The first-order chi connectivity index (χ1) is 21.2. The molecule has 0 aliphatic carbocycles. The average molecular weight is 689 g/mol. The van der Waals surface area contributed by atoms with E-state index in [4.69, 9.17) is 16.3 Å². The lowest BCUT2D eigenvalue weighted by Crippen LogP contribution is -2.21. The van der Waals surface area contributed by atoms with Gasteiger partial charge in [0.2, 0.25) is 0 Å². The van der Waals surface area contributed by atoms with Crippen LogP contribution in [-0.2, 0) is 4.79 Å². The van der Waals surface area contributed by atoms with Gasteiger partial charge in [-0.1, -0.05) is 35.9 Å². The van der Waals surface area contributed by atoms with Crippen molar-refractivity contribution >= 4 is 73.4 Å². The number of ether oxygens (including phenoxy) is 1. The zero-order valence-electron chi connectivity index (χ0n) is 23.7. The molecule has 0 saturated heterocycles. The van der Waals surface area contributed by atoms with Crippen LogP contribution in [0.1, 0.15) is 27.0 Å². The number of aromatic nitrogens is 1. The molecule has 0 bridgehead atoms. The Kier molecular flexibility index (Phi) is 10.1. The van der Waals surface area contributed by atoms with Gasteiger partial charge in [0.15, 0.2) is 11.7 Å². The van der Waals surface area contributed by atoms with Crippen molar-refractivity contribution in [3.05, 3.63) is 122 Å². The highest BCUT2D eigenvalue weighted by Crippen LogP contribution is 2.28. The van der Waals surface area contributed by atoms with Crippen molar-refractivity contribution in [3.8, 4) is 17.0 Å². The van der Waals surface area contributed by atoms with Gasteiger partial charge in [0, 0.05) is 32.9 Å². The van der Waals surface area contributed by atoms with Crippen LogP contribution >= 0.6 is 38.9 Å². The fraction of sp³-hybridized carbons (Fsp3) is 0.0909. The molecule has 5 aromatic rings. The normalized spacial score (nSPS) is 10.9. The summed E-state index contributed by atoms with van der Waals surface area (Å²) in [6, 6.07) is 25.6. The monoisotopic (exact) mass is 687 g/mol. The number of rotatable bonds is 10. The third-order valence-corrected chi connectivity index (χ3v) is 8.25. The molecule has 0 spiro atoms. The van der Waals surface area contributed by atoms with Gasteiger partial charge in [-0.25, -0.2) is 10.4 Å². The van der Waals surface area contributed by atoms with Crippen LogP contribution in [0.3, 0.4) is 0 Å². The summed E-state index contributed by atoms with van der Waals surface area (Å²) in [7, 11) is 0. The van der Waals surface area contributed by atoms with Crippen LogP contribution in [0.4, 0.5) is 16.5 Å². The number of anilines is 3. The molecule has 11 heteroatoms. The van der Waals surface area contributed by atoms with Crippen LogP contribution in [0.2, 0.25) is 5.02 Å². The molecular formula is C33H27BrClN5O3S. The molecule has 0 saturated carbocycles.